The predicted octanol–water partition coefficient (Wildman–Crippen LogP) is 4.99. The maximum absolute atomic E-state index is 11.1. The van der Waals surface area contributed by atoms with Gasteiger partial charge in [-0.2, -0.15) is 8.42 Å². The van der Waals surface area contributed by atoms with Crippen molar-refractivity contribution in [3.63, 3.8) is 0 Å². The van der Waals surface area contributed by atoms with Crippen LogP contribution < -0.4 is 0 Å². The van der Waals surface area contributed by atoms with Crippen LogP contribution in [0.3, 0.4) is 0 Å². The quantitative estimate of drug-likeness (QED) is 0.270. The zero-order valence-corrected chi connectivity index (χ0v) is 17.5. The van der Waals surface area contributed by atoms with Gasteiger partial charge in [-0.25, -0.2) is 0 Å². The van der Waals surface area contributed by atoms with Crippen LogP contribution >= 0.6 is 0 Å². The molecule has 6 heteroatoms. The first kappa shape index (κ1) is 26.7. The molecule has 0 heterocycles. The summed E-state index contributed by atoms with van der Waals surface area (Å²) in [4.78, 5) is 0. The second kappa shape index (κ2) is 14.6. The van der Waals surface area contributed by atoms with Gasteiger partial charge in [-0.05, 0) is 27.2 Å². The van der Waals surface area contributed by atoms with Crippen LogP contribution in [0, 0.1) is 0 Å². The molecule has 1 radical (unpaired) electrons. The van der Waals surface area contributed by atoms with E-state index in [1.807, 2.05) is 20.8 Å². The third kappa shape index (κ3) is 20.5. The molecule has 1 N–H and O–H groups in total. The van der Waals surface area contributed by atoms with Gasteiger partial charge >= 0.3 is 0 Å². The van der Waals surface area contributed by atoms with Gasteiger partial charge in [-0.3, -0.25) is 4.55 Å². The van der Waals surface area contributed by atoms with Crippen LogP contribution in [0.1, 0.15) is 98.3 Å². The van der Waals surface area contributed by atoms with Crippen molar-refractivity contribution in [2.75, 3.05) is 5.75 Å². The van der Waals surface area contributed by atoms with Crippen LogP contribution in [0.4, 0.5) is 0 Å². The van der Waals surface area contributed by atoms with Crippen LogP contribution in [0.2, 0.25) is 0 Å². The van der Waals surface area contributed by atoms with E-state index in [0.29, 0.717) is 6.42 Å². The smallest absolute Gasteiger partial charge is 0.267 e. The second-order valence-electron chi connectivity index (χ2n) is 7.57. The number of unbranched alkanes of at least 4 members (excludes halogenated alkanes) is 9. The summed E-state index contributed by atoms with van der Waals surface area (Å²) in [5.41, 5.74) is -0.395. The van der Waals surface area contributed by atoms with Gasteiger partial charge < -0.3 is 4.74 Å². The van der Waals surface area contributed by atoms with Gasteiger partial charge in [0.25, 0.3) is 10.1 Å². The molecule has 0 spiro atoms. The Hall–Kier alpha value is 0.467. The van der Waals surface area contributed by atoms with Crippen LogP contribution in [0.15, 0.2) is 0 Å². The minimum atomic E-state index is -3.98. The van der Waals surface area contributed by atoms with Crippen molar-refractivity contribution in [2.24, 2.45) is 0 Å². The van der Waals surface area contributed by atoms with Crippen molar-refractivity contribution in [1.29, 1.82) is 0 Å². The van der Waals surface area contributed by atoms with Gasteiger partial charge in [0.15, 0.2) is 0 Å². The Bertz CT molecular complexity index is 377. The summed E-state index contributed by atoms with van der Waals surface area (Å²) in [7, 11) is -3.98. The van der Waals surface area contributed by atoms with Crippen LogP contribution in [0.5, 0.6) is 0 Å². The summed E-state index contributed by atoms with van der Waals surface area (Å²) >= 11 is 0. The zero-order chi connectivity index (χ0) is 17.8. The zero-order valence-electron chi connectivity index (χ0n) is 16.6. The second-order valence-corrected chi connectivity index (χ2v) is 9.07. The van der Waals surface area contributed by atoms with Gasteiger partial charge in [0.2, 0.25) is 0 Å². The monoisotopic (exact) mass is 357 g/mol. The Morgan fingerprint density at radius 1 is 0.875 bits per heavy atom. The minimum Gasteiger partial charge on any atom is -0.371 e. The average Bonchev–Trinajstić information content (AvgIpc) is 2.37. The molecule has 0 amide bonds. The molecule has 0 aliphatic carbocycles. The fourth-order valence-corrected chi connectivity index (χ4v) is 3.48. The standard InChI is InChI=1S/C18H38O4S.Li/c1-5-6-7-8-9-10-11-12-13-14-15-17(16-23(19,20)21)22-18(2,3)4;/h17H,5-16H2,1-4H3,(H,19,20,21);. The van der Waals surface area contributed by atoms with Crippen molar-refractivity contribution in [2.45, 2.75) is 110 Å². The van der Waals surface area contributed by atoms with E-state index in [2.05, 4.69) is 6.92 Å². The summed E-state index contributed by atoms with van der Waals surface area (Å²) in [5.74, 6) is -0.304. The topological polar surface area (TPSA) is 63.6 Å². The Morgan fingerprint density at radius 2 is 1.29 bits per heavy atom. The molecule has 0 aromatic carbocycles. The van der Waals surface area contributed by atoms with E-state index in [1.165, 1.54) is 51.4 Å². The van der Waals surface area contributed by atoms with E-state index in [0.717, 1.165) is 12.8 Å². The molecule has 1 unspecified atom stereocenters. The molecule has 0 aromatic heterocycles. The maximum atomic E-state index is 11.1. The SMILES string of the molecule is CCCCCCCCCCCCC(CS(=O)(=O)O)OC(C)(C)C.[Li]. The number of ether oxygens (including phenoxy) is 1. The van der Waals surface area contributed by atoms with Crippen LogP contribution in [-0.2, 0) is 14.9 Å². The Morgan fingerprint density at radius 3 is 1.67 bits per heavy atom. The maximum Gasteiger partial charge on any atom is 0.267 e. The van der Waals surface area contributed by atoms with E-state index in [1.54, 1.807) is 0 Å². The predicted molar refractivity (Wildman–Crippen MR) is 103 cm³/mol. The van der Waals surface area contributed by atoms with Crippen LogP contribution in [0.25, 0.3) is 0 Å². The molecule has 0 aromatic rings. The molecule has 1 atom stereocenters. The summed E-state index contributed by atoms with van der Waals surface area (Å²) in [5, 5.41) is 0. The first-order valence-corrected chi connectivity index (χ1v) is 10.9. The van der Waals surface area contributed by atoms with Crippen molar-refractivity contribution in [3.8, 4) is 0 Å². The first-order chi connectivity index (χ1) is 10.6. The fraction of sp³-hybridized carbons (Fsp3) is 1.00. The van der Waals surface area contributed by atoms with Gasteiger partial charge in [0.05, 0.1) is 11.7 Å². The molecular weight excluding hydrogens is 319 g/mol. The molecular formula is C18H38LiO4S. The molecule has 141 valence electrons. The molecule has 0 rings (SSSR count). The first-order valence-electron chi connectivity index (χ1n) is 9.27. The molecule has 24 heavy (non-hydrogen) atoms. The summed E-state index contributed by atoms with van der Waals surface area (Å²) in [6, 6.07) is 0. The molecule has 0 aliphatic rings. The van der Waals surface area contributed by atoms with Gasteiger partial charge in [0.1, 0.15) is 5.75 Å². The third-order valence-electron chi connectivity index (χ3n) is 3.80. The van der Waals surface area contributed by atoms with Crippen molar-refractivity contribution >= 4 is 29.0 Å². The molecule has 0 saturated carbocycles. The van der Waals surface area contributed by atoms with Crippen molar-refractivity contribution in [1.82, 2.24) is 0 Å². The number of hydrogen-bond donors (Lipinski definition) is 1. The van der Waals surface area contributed by atoms with Crippen molar-refractivity contribution in [3.05, 3.63) is 0 Å². The van der Waals surface area contributed by atoms with E-state index in [9.17, 15) is 8.42 Å². The molecule has 0 saturated heterocycles. The summed E-state index contributed by atoms with van der Waals surface area (Å²) < 4.78 is 37.0. The van der Waals surface area contributed by atoms with Crippen molar-refractivity contribution < 1.29 is 17.7 Å². The minimum absolute atomic E-state index is 0. The normalized spacial score (nSPS) is 13.5. The van der Waals surface area contributed by atoms with Gasteiger partial charge in [-0.15, -0.1) is 0 Å². The van der Waals surface area contributed by atoms with Gasteiger partial charge in [0, 0.05) is 18.9 Å². The largest absolute Gasteiger partial charge is 0.371 e. The fourth-order valence-electron chi connectivity index (χ4n) is 2.77. The van der Waals surface area contributed by atoms with Gasteiger partial charge in [-0.1, -0.05) is 71.1 Å². The van der Waals surface area contributed by atoms with E-state index in [4.69, 9.17) is 9.29 Å². The van der Waals surface area contributed by atoms with E-state index < -0.39 is 21.8 Å². The molecule has 4 nitrogen and oxygen atoms in total. The van der Waals surface area contributed by atoms with Crippen LogP contribution in [-0.4, -0.2) is 49.3 Å². The van der Waals surface area contributed by atoms with E-state index in [-0.39, 0.29) is 24.6 Å². The Kier molecular flexibility index (Phi) is 16.3. The third-order valence-corrected chi connectivity index (χ3v) is 4.59. The van der Waals surface area contributed by atoms with E-state index >= 15 is 0 Å². The Balaban J connectivity index is 0. The summed E-state index contributed by atoms with van der Waals surface area (Å²) in [6.45, 7) is 7.95. The number of rotatable bonds is 14. The molecule has 0 aliphatic heterocycles. The molecule has 0 fully saturated rings. The summed E-state index contributed by atoms with van der Waals surface area (Å²) in [6.07, 6.45) is 12.8. The Labute approximate surface area is 162 Å². The average molecular weight is 358 g/mol. The number of hydrogen-bond acceptors (Lipinski definition) is 3. The molecule has 0 bridgehead atoms.